The van der Waals surface area contributed by atoms with Gasteiger partial charge in [-0.1, -0.05) is 54.1 Å². The summed E-state index contributed by atoms with van der Waals surface area (Å²) in [4.78, 5) is 36.9. The molecule has 1 aromatic carbocycles. The Hall–Kier alpha value is -2.68. The minimum Gasteiger partial charge on any atom is -0.479 e. The number of unbranched alkanes of at least 4 members (excludes halogenated alkanes) is 1. The van der Waals surface area contributed by atoms with E-state index in [-0.39, 0.29) is 24.5 Å². The second-order valence-electron chi connectivity index (χ2n) is 11.1. The first kappa shape index (κ1) is 34.2. The molecule has 9 atom stereocenters. The fourth-order valence-corrected chi connectivity index (χ4v) is 6.98. The van der Waals surface area contributed by atoms with Gasteiger partial charge in [0.25, 0.3) is 0 Å². The Labute approximate surface area is 263 Å². The number of carbonyl (C=O) groups excluding carboxylic acids is 2. The Kier molecular flexibility index (Phi) is 12.1. The highest BCUT2D eigenvalue weighted by atomic mass is 35.5. The highest BCUT2D eigenvalue weighted by Crippen LogP contribution is 2.36. The molecule has 0 bridgehead atoms. The summed E-state index contributed by atoms with van der Waals surface area (Å²) in [6.45, 7) is 0. The van der Waals surface area contributed by atoms with Gasteiger partial charge in [-0.3, -0.25) is 9.59 Å². The van der Waals surface area contributed by atoms with Gasteiger partial charge in [-0.25, -0.2) is 4.79 Å². The van der Waals surface area contributed by atoms with Crippen molar-refractivity contribution in [3.63, 3.8) is 0 Å². The van der Waals surface area contributed by atoms with Crippen molar-refractivity contribution in [1.29, 1.82) is 0 Å². The number of thiophene rings is 1. The molecule has 1 aliphatic heterocycles. The van der Waals surface area contributed by atoms with Crippen LogP contribution >= 0.6 is 22.9 Å². The number of aliphatic hydroxyl groups is 5. The Bertz CT molecular complexity index is 1370. The number of carboxylic acids is 1. The maximum Gasteiger partial charge on any atom is 0.335 e. The second-order valence-corrected chi connectivity index (χ2v) is 12.6. The zero-order valence-corrected chi connectivity index (χ0v) is 25.3. The van der Waals surface area contributed by atoms with Crippen LogP contribution in [0, 0.1) is 11.8 Å². The van der Waals surface area contributed by atoms with Crippen molar-refractivity contribution < 1.29 is 54.5 Å². The number of aliphatic carboxylic acids is 1. The lowest BCUT2D eigenvalue weighted by molar-refractivity contribution is -0.286. The molecule has 1 aliphatic carbocycles. The first-order valence-electron chi connectivity index (χ1n) is 14.5. The molecule has 1 aromatic heterocycles. The first-order valence-corrected chi connectivity index (χ1v) is 15.7. The lowest BCUT2D eigenvalue weighted by atomic mass is 9.91. The van der Waals surface area contributed by atoms with Gasteiger partial charge in [0.15, 0.2) is 11.9 Å². The van der Waals surface area contributed by atoms with Crippen molar-refractivity contribution in [2.45, 2.75) is 87.9 Å². The van der Waals surface area contributed by atoms with E-state index in [1.54, 1.807) is 35.6 Å². The minimum atomic E-state index is -1.88. The van der Waals surface area contributed by atoms with E-state index in [0.29, 0.717) is 37.1 Å². The number of esters is 1. The molecule has 240 valence electrons. The van der Waals surface area contributed by atoms with E-state index in [1.165, 1.54) is 0 Å². The number of halogens is 1. The largest absolute Gasteiger partial charge is 0.479 e. The summed E-state index contributed by atoms with van der Waals surface area (Å²) in [5.74, 6) is -3.30. The lowest BCUT2D eigenvalue weighted by Crippen LogP contribution is -2.60. The minimum absolute atomic E-state index is 0.0929. The summed E-state index contributed by atoms with van der Waals surface area (Å²) in [6, 6.07) is 7.87. The van der Waals surface area contributed by atoms with E-state index in [4.69, 9.17) is 26.2 Å². The second kappa shape index (κ2) is 15.5. The molecule has 13 heteroatoms. The first-order chi connectivity index (χ1) is 21.0. The number of fused-ring (bicyclic) bond motifs is 1. The van der Waals surface area contributed by atoms with Crippen LogP contribution in [0.5, 0.6) is 0 Å². The van der Waals surface area contributed by atoms with Gasteiger partial charge in [0.2, 0.25) is 6.29 Å². The van der Waals surface area contributed by atoms with Crippen molar-refractivity contribution in [3.8, 4) is 0 Å². The molecule has 1 saturated heterocycles. The Morgan fingerprint density at radius 1 is 1.11 bits per heavy atom. The van der Waals surface area contributed by atoms with Crippen LogP contribution in [0.1, 0.15) is 43.4 Å². The van der Waals surface area contributed by atoms with Gasteiger partial charge in [0, 0.05) is 27.3 Å². The number of allylic oxidation sites excluding steroid dienone is 3. The maximum absolute atomic E-state index is 12.6. The molecule has 0 amide bonds. The van der Waals surface area contributed by atoms with Crippen LogP contribution < -0.4 is 0 Å². The molecule has 6 N–H and O–H groups in total. The summed E-state index contributed by atoms with van der Waals surface area (Å²) in [5, 5.41) is 61.0. The number of carbonyl (C=O) groups is 3. The quantitative estimate of drug-likeness (QED) is 0.106. The van der Waals surface area contributed by atoms with E-state index in [9.17, 15) is 39.9 Å². The number of ether oxygens (including phenoxy) is 2. The number of aliphatic hydroxyl groups excluding tert-OH is 5. The van der Waals surface area contributed by atoms with Crippen LogP contribution in [-0.2, 0) is 30.3 Å². The van der Waals surface area contributed by atoms with Crippen LogP contribution in [0.15, 0.2) is 48.6 Å². The summed E-state index contributed by atoms with van der Waals surface area (Å²) in [7, 11) is 0. The smallest absolute Gasteiger partial charge is 0.335 e. The Balaban J connectivity index is 1.20. The predicted molar refractivity (Wildman–Crippen MR) is 161 cm³/mol. The SMILES string of the molecule is O=C(CCCC=CC[C@H]1C(=O)C(O)C[C@@H]1C=CC(O)CCc1sc2ccccc2c1Cl)OC1O[C@H](C(=O)O)[C@@H](O)[C@H](O)[C@H]1O. The average Bonchev–Trinajstić information content (AvgIpc) is 3.46. The number of rotatable bonds is 13. The molecule has 11 nitrogen and oxygen atoms in total. The number of aryl methyl sites for hydroxylation is 1. The summed E-state index contributed by atoms with van der Waals surface area (Å²) < 4.78 is 11.0. The third-order valence-corrected chi connectivity index (χ3v) is 9.70. The van der Waals surface area contributed by atoms with Crippen LogP contribution in [0.25, 0.3) is 10.1 Å². The van der Waals surface area contributed by atoms with Crippen molar-refractivity contribution in [2.75, 3.05) is 0 Å². The van der Waals surface area contributed by atoms with E-state index in [2.05, 4.69) is 0 Å². The molecule has 3 unspecified atom stereocenters. The molecule has 2 aliphatic rings. The molecule has 44 heavy (non-hydrogen) atoms. The molecular formula is C31H37ClO11S. The zero-order chi connectivity index (χ0) is 32.0. The van der Waals surface area contributed by atoms with Crippen LogP contribution in [-0.4, -0.2) is 91.3 Å². The normalized spacial score (nSPS) is 30.0. The standard InChI is InChI=1S/C31H37ClO11S/c32-24-19-8-5-6-9-21(19)44-22(24)14-13-17(33)12-11-16-15-20(34)25(36)18(16)7-3-1-2-4-10-23(35)42-31-28(39)26(37)27(38)29(43-31)30(40)41/h1,3,5-6,8-9,11-12,16-18,20,26-29,31,33-34,37-39H,2,4,7,10,13-15H2,(H,40,41)/t16-,17?,18+,20?,26-,27-,28+,29-,31?/m0/s1. The lowest BCUT2D eigenvalue weighted by Gasteiger charge is -2.37. The summed E-state index contributed by atoms with van der Waals surface area (Å²) >= 11 is 8.11. The van der Waals surface area contributed by atoms with Gasteiger partial charge >= 0.3 is 11.9 Å². The van der Waals surface area contributed by atoms with Crippen molar-refractivity contribution in [1.82, 2.24) is 0 Å². The fraction of sp³-hybridized carbons (Fsp3) is 0.516. The highest BCUT2D eigenvalue weighted by Gasteiger charge is 2.48. The van der Waals surface area contributed by atoms with Gasteiger partial charge in [0.1, 0.15) is 24.4 Å². The molecule has 2 fully saturated rings. The van der Waals surface area contributed by atoms with E-state index < -0.39 is 60.8 Å². The number of Topliss-reactive ketones (excluding diaryl/α,β-unsaturated/α-hetero) is 1. The fourth-order valence-electron chi connectivity index (χ4n) is 5.43. The molecule has 2 heterocycles. The van der Waals surface area contributed by atoms with Crippen LogP contribution in [0.2, 0.25) is 5.02 Å². The average molecular weight is 653 g/mol. The summed E-state index contributed by atoms with van der Waals surface area (Å²) in [5.41, 5.74) is 0. The van der Waals surface area contributed by atoms with E-state index >= 15 is 0 Å². The molecular weight excluding hydrogens is 616 g/mol. The highest BCUT2D eigenvalue weighted by molar-refractivity contribution is 7.19. The van der Waals surface area contributed by atoms with Crippen molar-refractivity contribution in [2.24, 2.45) is 11.8 Å². The van der Waals surface area contributed by atoms with Crippen molar-refractivity contribution >= 4 is 50.7 Å². The van der Waals surface area contributed by atoms with Crippen molar-refractivity contribution in [3.05, 3.63) is 58.5 Å². The van der Waals surface area contributed by atoms with Gasteiger partial charge in [-0.2, -0.15) is 0 Å². The molecule has 1 saturated carbocycles. The van der Waals surface area contributed by atoms with E-state index in [0.717, 1.165) is 15.0 Å². The number of hydrogen-bond acceptors (Lipinski definition) is 11. The zero-order valence-electron chi connectivity index (χ0n) is 23.8. The van der Waals surface area contributed by atoms with Gasteiger partial charge in [-0.15, -0.1) is 11.3 Å². The topological polar surface area (TPSA) is 191 Å². The van der Waals surface area contributed by atoms with Gasteiger partial charge in [-0.05, 0) is 50.5 Å². The van der Waals surface area contributed by atoms with Gasteiger partial charge < -0.3 is 40.1 Å². The number of carboxylic acid groups (broad SMARTS) is 1. The molecule has 4 rings (SSSR count). The molecule has 2 aromatic rings. The monoisotopic (exact) mass is 652 g/mol. The summed E-state index contributed by atoms with van der Waals surface area (Å²) in [6.07, 6.45) is -1.47. The number of hydrogen-bond donors (Lipinski definition) is 6. The number of benzene rings is 1. The molecule has 0 radical (unpaired) electrons. The van der Waals surface area contributed by atoms with E-state index in [1.807, 2.05) is 24.3 Å². The predicted octanol–water partition coefficient (Wildman–Crippen LogP) is 2.52. The third-order valence-electron chi connectivity index (χ3n) is 7.92. The Morgan fingerprint density at radius 3 is 2.59 bits per heavy atom. The van der Waals surface area contributed by atoms with Crippen LogP contribution in [0.4, 0.5) is 0 Å². The van der Waals surface area contributed by atoms with Crippen LogP contribution in [0.3, 0.4) is 0 Å². The maximum atomic E-state index is 12.6. The third kappa shape index (κ3) is 8.32. The molecule has 0 spiro atoms. The number of ketones is 1. The van der Waals surface area contributed by atoms with Gasteiger partial charge in [0.05, 0.1) is 11.1 Å². The Morgan fingerprint density at radius 2 is 1.86 bits per heavy atom.